The molecule has 3 N–H and O–H groups in total. The molecule has 1 aliphatic carbocycles. The predicted molar refractivity (Wildman–Crippen MR) is 138 cm³/mol. The van der Waals surface area contributed by atoms with Crippen molar-refractivity contribution in [1.82, 2.24) is 15.5 Å². The first-order valence-electron chi connectivity index (χ1n) is 12.4. The molecule has 35 heavy (non-hydrogen) atoms. The van der Waals surface area contributed by atoms with E-state index < -0.39 is 11.0 Å². The molecule has 2 aromatic rings. The number of halogens is 1. The Morgan fingerprint density at radius 1 is 1.06 bits per heavy atom. The van der Waals surface area contributed by atoms with Gasteiger partial charge in [-0.15, -0.1) is 0 Å². The fraction of sp³-hybridized carbons (Fsp3) is 0.500. The molecule has 4 rings (SSSR count). The highest BCUT2D eigenvalue weighted by atomic mass is 35.5. The van der Waals surface area contributed by atoms with Gasteiger partial charge in [0, 0.05) is 41.2 Å². The number of carbonyl (C=O) groups is 2. The Hall–Kier alpha value is -2.41. The molecule has 2 aromatic carbocycles. The largest absolute Gasteiger partial charge is 0.384 e. The summed E-state index contributed by atoms with van der Waals surface area (Å²) in [5.74, 6) is -0.409. The van der Waals surface area contributed by atoms with E-state index >= 15 is 0 Å². The molecule has 6 nitrogen and oxygen atoms in total. The van der Waals surface area contributed by atoms with Gasteiger partial charge in [0.1, 0.15) is 0 Å². The van der Waals surface area contributed by atoms with Crippen molar-refractivity contribution in [2.75, 3.05) is 20.1 Å². The minimum absolute atomic E-state index is 0.0505. The molecule has 2 fully saturated rings. The number of nitrogens with one attached hydrogen (secondary N) is 2. The van der Waals surface area contributed by atoms with Crippen molar-refractivity contribution in [3.63, 3.8) is 0 Å². The summed E-state index contributed by atoms with van der Waals surface area (Å²) in [5, 5.41) is 18.8. The summed E-state index contributed by atoms with van der Waals surface area (Å²) in [6.45, 7) is 4.91. The number of aliphatic hydroxyl groups is 1. The molecular weight excluding hydrogens is 462 g/mol. The van der Waals surface area contributed by atoms with Gasteiger partial charge in [-0.3, -0.25) is 9.59 Å². The van der Waals surface area contributed by atoms with Crippen molar-refractivity contribution < 1.29 is 14.7 Å². The van der Waals surface area contributed by atoms with Crippen LogP contribution in [0.25, 0.3) is 0 Å². The van der Waals surface area contributed by atoms with Gasteiger partial charge in [0.05, 0.1) is 11.5 Å². The number of rotatable bonds is 5. The predicted octanol–water partition coefficient (Wildman–Crippen LogP) is 3.97. The quantitative estimate of drug-likeness (QED) is 0.583. The lowest BCUT2D eigenvalue weighted by Crippen LogP contribution is -2.60. The van der Waals surface area contributed by atoms with E-state index in [0.717, 1.165) is 18.4 Å². The zero-order valence-electron chi connectivity index (χ0n) is 20.8. The summed E-state index contributed by atoms with van der Waals surface area (Å²) in [6.07, 6.45) is 2.76. The standard InChI is InChI=1S/C28H36ClN3O3/c1-27(2)18-32(16-15-28(27,35)20-9-11-21(29)12-10-20)26(34)23-17-22(30-3)13-14-24(23)31-25(33)19-7-5-4-6-8-19/h4-12,22-24,30,35H,13-18H2,1-3H3,(H,31,33). The third-order valence-electron chi connectivity index (χ3n) is 8.01. The second-order valence-electron chi connectivity index (χ2n) is 10.6. The van der Waals surface area contributed by atoms with Crippen LogP contribution >= 0.6 is 11.6 Å². The van der Waals surface area contributed by atoms with Crippen LogP contribution in [-0.2, 0) is 10.4 Å². The first kappa shape index (κ1) is 25.7. The number of carbonyl (C=O) groups excluding carboxylic acids is 2. The highest BCUT2D eigenvalue weighted by Crippen LogP contribution is 2.46. The minimum atomic E-state index is -1.06. The molecule has 0 bridgehead atoms. The highest BCUT2D eigenvalue weighted by molar-refractivity contribution is 6.30. The van der Waals surface area contributed by atoms with Crippen molar-refractivity contribution in [2.45, 2.75) is 57.2 Å². The van der Waals surface area contributed by atoms with Crippen LogP contribution in [0.3, 0.4) is 0 Å². The van der Waals surface area contributed by atoms with E-state index in [0.29, 0.717) is 36.5 Å². The van der Waals surface area contributed by atoms with Gasteiger partial charge < -0.3 is 20.6 Å². The Balaban J connectivity index is 1.51. The molecule has 0 spiro atoms. The molecule has 1 heterocycles. The van der Waals surface area contributed by atoms with Gasteiger partial charge in [-0.05, 0) is 62.6 Å². The lowest BCUT2D eigenvalue weighted by atomic mass is 9.66. The van der Waals surface area contributed by atoms with Crippen LogP contribution in [-0.4, -0.2) is 54.0 Å². The van der Waals surface area contributed by atoms with E-state index in [1.807, 2.05) is 56.1 Å². The molecule has 2 aliphatic rings. The number of hydrogen-bond acceptors (Lipinski definition) is 4. The Morgan fingerprint density at radius 2 is 1.74 bits per heavy atom. The van der Waals surface area contributed by atoms with Crippen LogP contribution in [0.4, 0.5) is 0 Å². The lowest BCUT2D eigenvalue weighted by molar-refractivity contribution is -0.158. The van der Waals surface area contributed by atoms with E-state index in [4.69, 9.17) is 11.6 Å². The van der Waals surface area contributed by atoms with Crippen molar-refractivity contribution in [1.29, 1.82) is 0 Å². The summed E-state index contributed by atoms with van der Waals surface area (Å²) < 4.78 is 0. The van der Waals surface area contributed by atoms with Gasteiger partial charge in [-0.2, -0.15) is 0 Å². The maximum Gasteiger partial charge on any atom is 0.251 e. The second-order valence-corrected chi connectivity index (χ2v) is 11.0. The Morgan fingerprint density at radius 3 is 2.37 bits per heavy atom. The summed E-state index contributed by atoms with van der Waals surface area (Å²) in [6, 6.07) is 16.5. The third kappa shape index (κ3) is 5.25. The first-order chi connectivity index (χ1) is 16.6. The maximum atomic E-state index is 13.9. The molecule has 1 saturated heterocycles. The monoisotopic (exact) mass is 497 g/mol. The van der Waals surface area contributed by atoms with Gasteiger partial charge in [0.2, 0.25) is 5.91 Å². The molecular formula is C28H36ClN3O3. The molecule has 4 unspecified atom stereocenters. The smallest absolute Gasteiger partial charge is 0.251 e. The summed E-state index contributed by atoms with van der Waals surface area (Å²) in [4.78, 5) is 28.6. The number of likely N-dealkylation sites (tertiary alicyclic amines) is 1. The number of piperidine rings is 1. The number of amides is 2. The summed E-state index contributed by atoms with van der Waals surface area (Å²) in [7, 11) is 1.92. The molecule has 188 valence electrons. The van der Waals surface area contributed by atoms with Crippen LogP contribution < -0.4 is 10.6 Å². The van der Waals surface area contributed by atoms with Gasteiger partial charge in [-0.25, -0.2) is 0 Å². The van der Waals surface area contributed by atoms with Crippen LogP contribution in [0.2, 0.25) is 5.02 Å². The first-order valence-corrected chi connectivity index (χ1v) is 12.8. The minimum Gasteiger partial charge on any atom is -0.384 e. The number of nitrogens with zero attached hydrogens (tertiary/aromatic N) is 1. The van der Waals surface area contributed by atoms with E-state index in [2.05, 4.69) is 10.6 Å². The van der Waals surface area contributed by atoms with Gasteiger partial charge in [-0.1, -0.05) is 55.8 Å². The van der Waals surface area contributed by atoms with Crippen LogP contribution in [0.5, 0.6) is 0 Å². The lowest BCUT2D eigenvalue weighted by Gasteiger charge is -2.51. The fourth-order valence-electron chi connectivity index (χ4n) is 5.73. The number of benzene rings is 2. The summed E-state index contributed by atoms with van der Waals surface area (Å²) in [5.41, 5.74) is -0.203. The van der Waals surface area contributed by atoms with Crippen LogP contribution in [0.15, 0.2) is 54.6 Å². The van der Waals surface area contributed by atoms with E-state index in [1.165, 1.54) is 0 Å². The zero-order valence-corrected chi connectivity index (χ0v) is 21.5. The van der Waals surface area contributed by atoms with Gasteiger partial charge >= 0.3 is 0 Å². The molecule has 1 saturated carbocycles. The number of hydrogen-bond donors (Lipinski definition) is 3. The SMILES string of the molecule is CNC1CCC(NC(=O)c2ccccc2)C(C(=O)N2CCC(O)(c3ccc(Cl)cc3)C(C)(C)C2)C1. The van der Waals surface area contributed by atoms with E-state index in [9.17, 15) is 14.7 Å². The van der Waals surface area contributed by atoms with Crippen molar-refractivity contribution >= 4 is 23.4 Å². The van der Waals surface area contributed by atoms with Crippen molar-refractivity contribution in [3.05, 3.63) is 70.7 Å². The fourth-order valence-corrected chi connectivity index (χ4v) is 5.85. The molecule has 0 radical (unpaired) electrons. The van der Waals surface area contributed by atoms with Crippen LogP contribution in [0.1, 0.15) is 55.5 Å². The van der Waals surface area contributed by atoms with Crippen LogP contribution in [0, 0.1) is 11.3 Å². The van der Waals surface area contributed by atoms with Gasteiger partial charge in [0.25, 0.3) is 5.91 Å². The second kappa shape index (κ2) is 10.3. The zero-order chi connectivity index (χ0) is 25.2. The average Bonchev–Trinajstić information content (AvgIpc) is 2.86. The molecule has 0 aromatic heterocycles. The van der Waals surface area contributed by atoms with Crippen molar-refractivity contribution in [3.8, 4) is 0 Å². The maximum absolute atomic E-state index is 13.9. The van der Waals surface area contributed by atoms with Gasteiger partial charge in [0.15, 0.2) is 0 Å². The molecule has 1 aliphatic heterocycles. The van der Waals surface area contributed by atoms with E-state index in [1.54, 1.807) is 24.3 Å². The normalized spacial score (nSPS) is 28.4. The average molecular weight is 498 g/mol. The topological polar surface area (TPSA) is 81.7 Å². The Labute approximate surface area is 213 Å². The third-order valence-corrected chi connectivity index (χ3v) is 8.26. The summed E-state index contributed by atoms with van der Waals surface area (Å²) >= 11 is 6.06. The molecule has 2 amide bonds. The van der Waals surface area contributed by atoms with E-state index in [-0.39, 0.29) is 29.8 Å². The highest BCUT2D eigenvalue weighted by Gasteiger charge is 2.51. The Bertz CT molecular complexity index is 1040. The molecule has 7 heteroatoms. The van der Waals surface area contributed by atoms with Crippen molar-refractivity contribution in [2.24, 2.45) is 11.3 Å². The molecule has 4 atom stereocenters. The Kier molecular flexibility index (Phi) is 7.55.